The summed E-state index contributed by atoms with van der Waals surface area (Å²) in [6.07, 6.45) is 10.5. The van der Waals surface area contributed by atoms with Gasteiger partial charge in [-0.15, -0.1) is 0 Å². The lowest BCUT2D eigenvalue weighted by molar-refractivity contribution is -0.138. The second-order valence-corrected chi connectivity index (χ2v) is 11.6. The van der Waals surface area contributed by atoms with E-state index < -0.39 is 5.97 Å². The number of hydrogen-bond donors (Lipinski definition) is 1. The summed E-state index contributed by atoms with van der Waals surface area (Å²) in [4.78, 5) is 10.3. The van der Waals surface area contributed by atoms with Crippen LogP contribution in [0.15, 0.2) is 24.3 Å². The number of aliphatic carboxylic acids is 1. The normalized spacial score (nSPS) is 11.4. The van der Waals surface area contributed by atoms with Crippen LogP contribution in [0, 0.1) is 0 Å². The summed E-state index contributed by atoms with van der Waals surface area (Å²) in [5.74, 6) is 0.00929. The highest BCUT2D eigenvalue weighted by Gasteiger charge is 2.00. The Bertz CT molecular complexity index is 844. The van der Waals surface area contributed by atoms with Crippen molar-refractivity contribution in [3.8, 4) is 5.75 Å². The molecule has 0 unspecified atom stereocenters. The number of unbranched alkanes of at least 4 members (excludes halogenated alkanes) is 6. The van der Waals surface area contributed by atoms with Crippen molar-refractivity contribution in [1.82, 2.24) is 0 Å². The highest BCUT2D eigenvalue weighted by molar-refractivity contribution is 5.66. The molecule has 13 nitrogen and oxygen atoms in total. The van der Waals surface area contributed by atoms with Gasteiger partial charge in [-0.1, -0.05) is 57.6 Å². The maximum absolute atomic E-state index is 10.3. The molecular formula is C38H68O13. The molecule has 0 amide bonds. The van der Waals surface area contributed by atoms with Gasteiger partial charge in [0.2, 0.25) is 0 Å². The number of ether oxygens (including phenoxy) is 11. The van der Waals surface area contributed by atoms with Crippen molar-refractivity contribution in [2.45, 2.75) is 64.7 Å². The van der Waals surface area contributed by atoms with Gasteiger partial charge in [-0.2, -0.15) is 0 Å². The molecule has 0 saturated carbocycles. The maximum Gasteiger partial charge on any atom is 0.305 e. The van der Waals surface area contributed by atoms with Crippen LogP contribution >= 0.6 is 0 Å². The third kappa shape index (κ3) is 36.2. The van der Waals surface area contributed by atoms with Gasteiger partial charge in [0, 0.05) is 0 Å². The summed E-state index contributed by atoms with van der Waals surface area (Å²) < 4.78 is 60.2. The van der Waals surface area contributed by atoms with Crippen molar-refractivity contribution >= 4 is 5.97 Å². The SMILES string of the molecule is CCCCCCCCCc1ccc(OCCOCCOCCOCCOCCOCCOCCOCCOCCOCCOCCC(=O)O)cc1. The molecule has 0 aliphatic carbocycles. The lowest BCUT2D eigenvalue weighted by Crippen LogP contribution is -2.15. The van der Waals surface area contributed by atoms with Crippen LogP contribution in [0.3, 0.4) is 0 Å². The molecule has 0 radical (unpaired) electrons. The zero-order chi connectivity index (χ0) is 36.6. The lowest BCUT2D eigenvalue weighted by Gasteiger charge is -2.09. The molecule has 13 heteroatoms. The zero-order valence-corrected chi connectivity index (χ0v) is 31.4. The van der Waals surface area contributed by atoms with Crippen molar-refractivity contribution in [2.24, 2.45) is 0 Å². The molecule has 0 fully saturated rings. The number of carboxylic acid groups (broad SMARTS) is 1. The van der Waals surface area contributed by atoms with Crippen LogP contribution in [0.2, 0.25) is 0 Å². The van der Waals surface area contributed by atoms with Gasteiger partial charge in [0.25, 0.3) is 0 Å². The maximum atomic E-state index is 10.3. The summed E-state index contributed by atoms with van der Waals surface area (Å²) in [7, 11) is 0. The number of rotatable bonds is 42. The van der Waals surface area contributed by atoms with Crippen molar-refractivity contribution in [1.29, 1.82) is 0 Å². The Labute approximate surface area is 306 Å². The summed E-state index contributed by atoms with van der Waals surface area (Å²) in [5, 5.41) is 8.50. The Hall–Kier alpha value is -1.91. The van der Waals surface area contributed by atoms with Gasteiger partial charge in [-0.05, 0) is 30.5 Å². The number of hydrogen-bond acceptors (Lipinski definition) is 12. The van der Waals surface area contributed by atoms with Gasteiger partial charge in [-0.25, -0.2) is 0 Å². The van der Waals surface area contributed by atoms with E-state index in [2.05, 4.69) is 19.1 Å². The largest absolute Gasteiger partial charge is 0.491 e. The monoisotopic (exact) mass is 732 g/mol. The Morgan fingerprint density at radius 1 is 0.431 bits per heavy atom. The average Bonchev–Trinajstić information content (AvgIpc) is 3.13. The van der Waals surface area contributed by atoms with Crippen LogP contribution in [0.25, 0.3) is 0 Å². The predicted octanol–water partition coefficient (Wildman–Crippen LogP) is 5.00. The minimum atomic E-state index is -0.872. The molecule has 0 aromatic heterocycles. The molecule has 1 aromatic rings. The molecule has 0 aliphatic heterocycles. The van der Waals surface area contributed by atoms with E-state index in [1.807, 2.05) is 12.1 Å². The summed E-state index contributed by atoms with van der Waals surface area (Å²) in [6.45, 7) is 12.2. The molecule has 0 atom stereocenters. The summed E-state index contributed by atoms with van der Waals surface area (Å²) >= 11 is 0. The minimum Gasteiger partial charge on any atom is -0.491 e. The third-order valence-electron chi connectivity index (χ3n) is 7.30. The second-order valence-electron chi connectivity index (χ2n) is 11.6. The first kappa shape index (κ1) is 47.1. The Morgan fingerprint density at radius 2 is 0.745 bits per heavy atom. The van der Waals surface area contributed by atoms with Crippen molar-refractivity contribution in [2.75, 3.05) is 139 Å². The fourth-order valence-corrected chi connectivity index (χ4v) is 4.50. The molecule has 1 aromatic carbocycles. The third-order valence-corrected chi connectivity index (χ3v) is 7.30. The van der Waals surface area contributed by atoms with Crippen molar-refractivity contribution in [3.05, 3.63) is 29.8 Å². The lowest BCUT2D eigenvalue weighted by atomic mass is 10.0. The average molecular weight is 733 g/mol. The van der Waals surface area contributed by atoms with Gasteiger partial charge in [-0.3, -0.25) is 4.79 Å². The van der Waals surface area contributed by atoms with Crippen LogP contribution in [0.1, 0.15) is 63.9 Å². The molecular weight excluding hydrogens is 664 g/mol. The predicted molar refractivity (Wildman–Crippen MR) is 194 cm³/mol. The van der Waals surface area contributed by atoms with Crippen molar-refractivity contribution < 1.29 is 62.0 Å². The van der Waals surface area contributed by atoms with Gasteiger partial charge >= 0.3 is 5.97 Å². The first-order valence-corrected chi connectivity index (χ1v) is 18.9. The quantitative estimate of drug-likeness (QED) is 0.0904. The molecule has 0 spiro atoms. The fourth-order valence-electron chi connectivity index (χ4n) is 4.50. The van der Waals surface area contributed by atoms with E-state index in [1.165, 1.54) is 50.5 Å². The Balaban J connectivity index is 1.69. The Kier molecular flexibility index (Phi) is 36.3. The van der Waals surface area contributed by atoms with Gasteiger partial charge < -0.3 is 57.2 Å². The minimum absolute atomic E-state index is 0.00110. The Morgan fingerprint density at radius 3 is 1.10 bits per heavy atom. The highest BCUT2D eigenvalue weighted by atomic mass is 16.6. The number of carboxylic acids is 1. The zero-order valence-electron chi connectivity index (χ0n) is 31.4. The fraction of sp³-hybridized carbons (Fsp3) is 0.816. The van der Waals surface area contributed by atoms with Gasteiger partial charge in [0.05, 0.1) is 139 Å². The molecule has 0 saturated heterocycles. The number of benzene rings is 1. The van der Waals surface area contributed by atoms with E-state index in [1.54, 1.807) is 0 Å². The van der Waals surface area contributed by atoms with Gasteiger partial charge in [0.1, 0.15) is 12.4 Å². The second kappa shape index (κ2) is 39.3. The number of carbonyl (C=O) groups is 1. The van der Waals surface area contributed by atoms with Crippen LogP contribution < -0.4 is 4.74 Å². The number of aryl methyl sites for hydroxylation is 1. The molecule has 298 valence electrons. The van der Waals surface area contributed by atoms with E-state index in [-0.39, 0.29) is 13.0 Å². The highest BCUT2D eigenvalue weighted by Crippen LogP contribution is 2.15. The first-order chi connectivity index (χ1) is 25.2. The van der Waals surface area contributed by atoms with Crippen LogP contribution in [0.5, 0.6) is 5.75 Å². The van der Waals surface area contributed by atoms with E-state index in [9.17, 15) is 4.79 Å². The molecule has 0 aliphatic rings. The van der Waals surface area contributed by atoms with E-state index in [0.29, 0.717) is 132 Å². The molecule has 1 N–H and O–H groups in total. The van der Waals surface area contributed by atoms with Crippen LogP contribution in [0.4, 0.5) is 0 Å². The van der Waals surface area contributed by atoms with Crippen molar-refractivity contribution in [3.63, 3.8) is 0 Å². The molecule has 1 rings (SSSR count). The topological polar surface area (TPSA) is 139 Å². The van der Waals surface area contributed by atoms with E-state index in [4.69, 9.17) is 57.2 Å². The smallest absolute Gasteiger partial charge is 0.305 e. The van der Waals surface area contributed by atoms with Crippen LogP contribution in [-0.2, 0) is 58.6 Å². The standard InChI is InChI=1S/C38H68O13/c1-2-3-4-5-6-7-8-9-36-10-12-37(13-11-36)51-35-34-50-33-32-49-31-30-48-29-28-47-27-26-46-25-24-45-23-22-44-21-20-43-19-18-42-17-16-41-15-14-38(39)40/h10-13H,2-9,14-35H2,1H3,(H,39,40). The van der Waals surface area contributed by atoms with Crippen LogP contribution in [-0.4, -0.2) is 150 Å². The van der Waals surface area contributed by atoms with E-state index >= 15 is 0 Å². The van der Waals surface area contributed by atoms with Gasteiger partial charge in [0.15, 0.2) is 0 Å². The summed E-state index contributed by atoms with van der Waals surface area (Å²) in [6, 6.07) is 8.43. The molecule has 0 bridgehead atoms. The molecule has 51 heavy (non-hydrogen) atoms. The molecule has 0 heterocycles. The summed E-state index contributed by atoms with van der Waals surface area (Å²) in [5.41, 5.74) is 1.38. The van der Waals surface area contributed by atoms with E-state index in [0.717, 1.165) is 12.2 Å². The first-order valence-electron chi connectivity index (χ1n) is 18.9.